The Labute approximate surface area is 227 Å². The lowest BCUT2D eigenvalue weighted by Gasteiger charge is -2.34. The predicted molar refractivity (Wildman–Crippen MR) is 161 cm³/mol. The Bertz CT molecular complexity index is 1950. The lowest BCUT2D eigenvalue weighted by molar-refractivity contribution is 0.669. The van der Waals surface area contributed by atoms with E-state index < -0.39 is 5.41 Å². The third-order valence-corrected chi connectivity index (χ3v) is 8.12. The molecule has 1 aromatic heterocycles. The van der Waals surface area contributed by atoms with Gasteiger partial charge in [0.2, 0.25) is 0 Å². The van der Waals surface area contributed by atoms with Crippen LogP contribution in [0.2, 0.25) is 0 Å². The Kier molecular flexibility index (Phi) is 4.77. The van der Waals surface area contributed by atoms with Crippen LogP contribution >= 0.6 is 0 Å². The summed E-state index contributed by atoms with van der Waals surface area (Å²) in [6.45, 7) is 0. The van der Waals surface area contributed by atoms with Gasteiger partial charge in [-0.15, -0.1) is 0 Å². The normalized spacial score (nSPS) is 13.3. The molecule has 0 unspecified atom stereocenters. The summed E-state index contributed by atoms with van der Waals surface area (Å²) < 4.78 is 6.05. The van der Waals surface area contributed by atoms with Crippen molar-refractivity contribution in [1.29, 1.82) is 0 Å². The first-order valence-electron chi connectivity index (χ1n) is 13.4. The minimum atomic E-state index is -0.406. The van der Waals surface area contributed by atoms with Gasteiger partial charge >= 0.3 is 0 Å². The molecule has 0 bridgehead atoms. The van der Waals surface area contributed by atoms with Crippen LogP contribution in [0.4, 0.5) is 11.4 Å². The largest absolute Gasteiger partial charge is 0.456 e. The van der Waals surface area contributed by atoms with Gasteiger partial charge in [-0.3, -0.25) is 0 Å². The second-order valence-electron chi connectivity index (χ2n) is 10.2. The van der Waals surface area contributed by atoms with E-state index in [0.717, 1.165) is 33.3 Å². The van der Waals surface area contributed by atoms with E-state index in [-0.39, 0.29) is 0 Å². The topological polar surface area (TPSA) is 25.2 Å². The molecule has 39 heavy (non-hydrogen) atoms. The number of anilines is 2. The fourth-order valence-electron chi connectivity index (χ4n) is 6.51. The van der Waals surface area contributed by atoms with Crippen molar-refractivity contribution in [3.63, 3.8) is 0 Å². The van der Waals surface area contributed by atoms with Gasteiger partial charge in [0.25, 0.3) is 0 Å². The van der Waals surface area contributed by atoms with E-state index in [1.165, 1.54) is 33.4 Å². The summed E-state index contributed by atoms with van der Waals surface area (Å²) in [5, 5.41) is 5.94. The summed E-state index contributed by atoms with van der Waals surface area (Å²) >= 11 is 0. The SMILES string of the molecule is c1ccc(C2(c3cccc(Nc4ccc5oc6ccccc6c5c4)c3)c3ccccc3-c3ccccc32)cc1. The molecule has 2 heteroatoms. The highest BCUT2D eigenvalue weighted by Crippen LogP contribution is 2.56. The highest BCUT2D eigenvalue weighted by atomic mass is 16.3. The summed E-state index contributed by atoms with van der Waals surface area (Å²) in [5.74, 6) is 0. The van der Waals surface area contributed by atoms with Crippen LogP contribution in [0.3, 0.4) is 0 Å². The molecule has 0 amide bonds. The zero-order valence-electron chi connectivity index (χ0n) is 21.3. The first-order valence-corrected chi connectivity index (χ1v) is 13.4. The zero-order valence-corrected chi connectivity index (χ0v) is 21.3. The zero-order chi connectivity index (χ0) is 25.8. The Hall–Kier alpha value is -5.08. The van der Waals surface area contributed by atoms with Crippen molar-refractivity contribution in [2.24, 2.45) is 0 Å². The molecule has 0 aliphatic heterocycles. The summed E-state index contributed by atoms with van der Waals surface area (Å²) in [5.41, 5.74) is 11.2. The van der Waals surface area contributed by atoms with Crippen LogP contribution in [-0.4, -0.2) is 0 Å². The minimum absolute atomic E-state index is 0.406. The van der Waals surface area contributed by atoms with E-state index in [4.69, 9.17) is 4.42 Å². The molecule has 184 valence electrons. The van der Waals surface area contributed by atoms with Gasteiger partial charge in [-0.1, -0.05) is 109 Å². The molecule has 1 aliphatic rings. The van der Waals surface area contributed by atoms with Crippen LogP contribution in [0.5, 0.6) is 0 Å². The van der Waals surface area contributed by atoms with Gasteiger partial charge in [-0.05, 0) is 69.8 Å². The second kappa shape index (κ2) is 8.47. The summed E-state index contributed by atoms with van der Waals surface area (Å²) in [4.78, 5) is 0. The maximum absolute atomic E-state index is 6.05. The van der Waals surface area contributed by atoms with Crippen molar-refractivity contribution in [2.45, 2.75) is 5.41 Å². The van der Waals surface area contributed by atoms with Crippen molar-refractivity contribution >= 4 is 33.3 Å². The molecule has 0 saturated heterocycles. The van der Waals surface area contributed by atoms with Gasteiger partial charge in [0, 0.05) is 22.1 Å². The van der Waals surface area contributed by atoms with Crippen molar-refractivity contribution in [2.75, 3.05) is 5.32 Å². The monoisotopic (exact) mass is 499 g/mol. The first kappa shape index (κ1) is 22.0. The Morgan fingerprint density at radius 2 is 1.05 bits per heavy atom. The fraction of sp³-hybridized carbons (Fsp3) is 0.0270. The van der Waals surface area contributed by atoms with Crippen LogP contribution < -0.4 is 5.32 Å². The molecule has 1 heterocycles. The van der Waals surface area contributed by atoms with Crippen LogP contribution in [0.15, 0.2) is 150 Å². The van der Waals surface area contributed by atoms with E-state index in [1.807, 2.05) is 12.1 Å². The number of benzene rings is 6. The number of hydrogen-bond acceptors (Lipinski definition) is 2. The number of nitrogens with one attached hydrogen (secondary N) is 1. The highest BCUT2D eigenvalue weighted by molar-refractivity contribution is 6.06. The summed E-state index contributed by atoms with van der Waals surface area (Å²) in [6.07, 6.45) is 0. The molecule has 0 radical (unpaired) electrons. The highest BCUT2D eigenvalue weighted by Gasteiger charge is 2.45. The molecule has 0 saturated carbocycles. The van der Waals surface area contributed by atoms with Gasteiger partial charge < -0.3 is 9.73 Å². The molecule has 0 atom stereocenters. The molecule has 8 rings (SSSR count). The smallest absolute Gasteiger partial charge is 0.135 e. The van der Waals surface area contributed by atoms with Crippen LogP contribution in [-0.2, 0) is 5.41 Å². The van der Waals surface area contributed by atoms with E-state index >= 15 is 0 Å². The van der Waals surface area contributed by atoms with Crippen molar-refractivity contribution < 1.29 is 4.42 Å². The molecule has 1 N–H and O–H groups in total. The van der Waals surface area contributed by atoms with Gasteiger partial charge in [0.05, 0.1) is 5.41 Å². The van der Waals surface area contributed by atoms with Crippen molar-refractivity contribution in [3.8, 4) is 11.1 Å². The average Bonchev–Trinajstić information content (AvgIpc) is 3.52. The maximum Gasteiger partial charge on any atom is 0.135 e. The van der Waals surface area contributed by atoms with Gasteiger partial charge in [0.1, 0.15) is 11.2 Å². The van der Waals surface area contributed by atoms with Crippen LogP contribution in [0.25, 0.3) is 33.1 Å². The first-order chi connectivity index (χ1) is 19.3. The lowest BCUT2D eigenvalue weighted by atomic mass is 9.67. The summed E-state index contributed by atoms with van der Waals surface area (Å²) in [6, 6.07) is 52.0. The second-order valence-corrected chi connectivity index (χ2v) is 10.2. The molecular formula is C37H25NO. The quantitative estimate of drug-likeness (QED) is 0.261. The molecule has 7 aromatic rings. The number of fused-ring (bicyclic) bond motifs is 6. The van der Waals surface area contributed by atoms with E-state index in [1.54, 1.807) is 0 Å². The summed E-state index contributed by atoms with van der Waals surface area (Å²) in [7, 11) is 0. The molecular weight excluding hydrogens is 474 g/mol. The van der Waals surface area contributed by atoms with Gasteiger partial charge in [-0.2, -0.15) is 0 Å². The number of rotatable bonds is 4. The van der Waals surface area contributed by atoms with Crippen molar-refractivity contribution in [3.05, 3.63) is 168 Å². The average molecular weight is 500 g/mol. The number of para-hydroxylation sites is 1. The Balaban J connectivity index is 1.31. The molecule has 2 nitrogen and oxygen atoms in total. The van der Waals surface area contributed by atoms with Crippen LogP contribution in [0, 0.1) is 0 Å². The van der Waals surface area contributed by atoms with Gasteiger partial charge in [0.15, 0.2) is 0 Å². The van der Waals surface area contributed by atoms with Crippen LogP contribution in [0.1, 0.15) is 22.3 Å². The number of hydrogen-bond donors (Lipinski definition) is 1. The third-order valence-electron chi connectivity index (χ3n) is 8.12. The van der Waals surface area contributed by atoms with Gasteiger partial charge in [-0.25, -0.2) is 0 Å². The lowest BCUT2D eigenvalue weighted by Crippen LogP contribution is -2.28. The minimum Gasteiger partial charge on any atom is -0.456 e. The maximum atomic E-state index is 6.05. The fourth-order valence-corrected chi connectivity index (χ4v) is 6.51. The van der Waals surface area contributed by atoms with E-state index in [2.05, 4.69) is 139 Å². The molecule has 0 spiro atoms. The Morgan fingerprint density at radius 3 is 1.85 bits per heavy atom. The predicted octanol–water partition coefficient (Wildman–Crippen LogP) is 9.69. The Morgan fingerprint density at radius 1 is 0.436 bits per heavy atom. The molecule has 1 aliphatic carbocycles. The molecule has 6 aromatic carbocycles. The van der Waals surface area contributed by atoms with E-state index in [9.17, 15) is 0 Å². The standard InChI is InChI=1S/C37H25NO/c1-2-11-25(12-3-1)37(33-18-7-4-15-29(33)30-16-5-8-19-34(30)37)26-13-10-14-27(23-26)38-28-21-22-36-32(24-28)31-17-6-9-20-35(31)39-36/h1-24,38H. The number of furan rings is 1. The van der Waals surface area contributed by atoms with Crippen molar-refractivity contribution in [1.82, 2.24) is 0 Å². The molecule has 0 fully saturated rings. The third kappa shape index (κ3) is 3.22. The van der Waals surface area contributed by atoms with E-state index in [0.29, 0.717) is 0 Å².